The number of hydrogen-bond acceptors (Lipinski definition) is 6. The summed E-state index contributed by atoms with van der Waals surface area (Å²) in [6.45, 7) is 2.44. The van der Waals surface area contributed by atoms with Crippen LogP contribution in [0.15, 0.2) is 6.20 Å². The standard InChI is InChI=1S/C12H17N3O3S/c1-12(2-3-12)15-11(16)18-7-4-8(17-6-7)9-5-14-10(13)19-9/h5,7-8H,2-4,6H2,1H3,(H2,13,14)(H,15,16)/t7-,8-/m0/s1. The molecule has 1 aliphatic heterocycles. The van der Waals surface area contributed by atoms with Crippen molar-refractivity contribution in [3.05, 3.63) is 11.1 Å². The Morgan fingerprint density at radius 3 is 3.11 bits per heavy atom. The maximum Gasteiger partial charge on any atom is 0.407 e. The Bertz CT molecular complexity index is 486. The zero-order chi connectivity index (χ0) is 13.5. The van der Waals surface area contributed by atoms with Gasteiger partial charge in [-0.05, 0) is 19.8 Å². The van der Waals surface area contributed by atoms with Crippen LogP contribution in [0.5, 0.6) is 0 Å². The van der Waals surface area contributed by atoms with E-state index in [0.717, 1.165) is 17.7 Å². The molecule has 0 bridgehead atoms. The Balaban J connectivity index is 1.50. The van der Waals surface area contributed by atoms with Crippen molar-refractivity contribution < 1.29 is 14.3 Å². The van der Waals surface area contributed by atoms with Crippen LogP contribution in [-0.2, 0) is 9.47 Å². The van der Waals surface area contributed by atoms with Crippen molar-refractivity contribution in [2.75, 3.05) is 12.3 Å². The van der Waals surface area contributed by atoms with Gasteiger partial charge in [0.15, 0.2) is 5.13 Å². The number of nitrogen functional groups attached to an aromatic ring is 1. The van der Waals surface area contributed by atoms with E-state index in [-0.39, 0.29) is 23.8 Å². The van der Waals surface area contributed by atoms with E-state index in [9.17, 15) is 4.79 Å². The molecule has 1 saturated carbocycles. The number of amides is 1. The summed E-state index contributed by atoms with van der Waals surface area (Å²) in [5.41, 5.74) is 5.54. The maximum atomic E-state index is 11.7. The molecule has 1 amide bonds. The SMILES string of the molecule is CC1(NC(=O)O[C@@H]2CO[C@H](c3cnc(N)s3)C2)CC1. The lowest BCUT2D eigenvalue weighted by Gasteiger charge is -2.14. The molecule has 0 radical (unpaired) electrons. The minimum Gasteiger partial charge on any atom is -0.444 e. The van der Waals surface area contributed by atoms with Gasteiger partial charge in [0.2, 0.25) is 0 Å². The molecule has 19 heavy (non-hydrogen) atoms. The number of carbonyl (C=O) groups is 1. The number of hydrogen-bond donors (Lipinski definition) is 2. The fraction of sp³-hybridized carbons (Fsp3) is 0.667. The Morgan fingerprint density at radius 1 is 1.68 bits per heavy atom. The minimum absolute atomic E-state index is 0.0535. The molecule has 104 valence electrons. The van der Waals surface area contributed by atoms with Crippen molar-refractivity contribution in [1.29, 1.82) is 0 Å². The highest BCUT2D eigenvalue weighted by molar-refractivity contribution is 7.15. The van der Waals surface area contributed by atoms with Gasteiger partial charge in [-0.2, -0.15) is 0 Å². The average Bonchev–Trinajstić information content (AvgIpc) is 2.79. The molecule has 2 heterocycles. The summed E-state index contributed by atoms with van der Waals surface area (Å²) in [5.74, 6) is 0. The van der Waals surface area contributed by atoms with Crippen LogP contribution in [0.1, 0.15) is 37.2 Å². The average molecular weight is 283 g/mol. The van der Waals surface area contributed by atoms with Crippen LogP contribution in [0.2, 0.25) is 0 Å². The van der Waals surface area contributed by atoms with E-state index in [4.69, 9.17) is 15.2 Å². The second-order valence-electron chi connectivity index (χ2n) is 5.37. The molecule has 6 nitrogen and oxygen atoms in total. The predicted octanol–water partition coefficient (Wildman–Crippen LogP) is 1.83. The van der Waals surface area contributed by atoms with Crippen LogP contribution in [0.4, 0.5) is 9.93 Å². The second-order valence-corrected chi connectivity index (χ2v) is 6.47. The summed E-state index contributed by atoms with van der Waals surface area (Å²) in [6, 6.07) is 0. The topological polar surface area (TPSA) is 86.5 Å². The number of thiazole rings is 1. The largest absolute Gasteiger partial charge is 0.444 e. The lowest BCUT2D eigenvalue weighted by molar-refractivity contribution is 0.0691. The van der Waals surface area contributed by atoms with Gasteiger partial charge in [-0.1, -0.05) is 11.3 Å². The van der Waals surface area contributed by atoms with Crippen LogP contribution in [0, 0.1) is 0 Å². The van der Waals surface area contributed by atoms with Crippen LogP contribution in [0.25, 0.3) is 0 Å². The molecule has 0 aromatic carbocycles. The molecule has 3 rings (SSSR count). The molecule has 2 atom stereocenters. The lowest BCUT2D eigenvalue weighted by Crippen LogP contribution is -2.37. The van der Waals surface area contributed by atoms with Gasteiger partial charge in [-0.15, -0.1) is 0 Å². The van der Waals surface area contributed by atoms with Gasteiger partial charge < -0.3 is 20.5 Å². The molecule has 2 fully saturated rings. The molecular weight excluding hydrogens is 266 g/mol. The van der Waals surface area contributed by atoms with E-state index in [0.29, 0.717) is 18.2 Å². The molecule has 3 N–H and O–H groups in total. The summed E-state index contributed by atoms with van der Waals surface area (Å²) in [4.78, 5) is 16.7. The number of carbonyl (C=O) groups excluding carboxylic acids is 1. The highest BCUT2D eigenvalue weighted by Crippen LogP contribution is 2.36. The zero-order valence-electron chi connectivity index (χ0n) is 10.7. The molecule has 7 heteroatoms. The summed E-state index contributed by atoms with van der Waals surface area (Å²) < 4.78 is 11.0. The van der Waals surface area contributed by atoms with Gasteiger partial charge in [-0.3, -0.25) is 0 Å². The summed E-state index contributed by atoms with van der Waals surface area (Å²) in [6.07, 6.45) is 3.81. The number of rotatable bonds is 3. The lowest BCUT2D eigenvalue weighted by atomic mass is 10.2. The Morgan fingerprint density at radius 2 is 2.47 bits per heavy atom. The van der Waals surface area contributed by atoms with Gasteiger partial charge in [0.05, 0.1) is 17.6 Å². The van der Waals surface area contributed by atoms with Gasteiger partial charge >= 0.3 is 6.09 Å². The van der Waals surface area contributed by atoms with Crippen LogP contribution in [0.3, 0.4) is 0 Å². The fourth-order valence-corrected chi connectivity index (χ4v) is 2.82. The molecule has 1 aromatic rings. The van der Waals surface area contributed by atoms with Crippen LogP contribution >= 0.6 is 11.3 Å². The number of anilines is 1. The second kappa shape index (κ2) is 4.64. The number of nitrogens with zero attached hydrogens (tertiary/aromatic N) is 1. The Labute approximate surface area is 115 Å². The van der Waals surface area contributed by atoms with E-state index in [1.165, 1.54) is 11.3 Å². The zero-order valence-corrected chi connectivity index (χ0v) is 11.5. The van der Waals surface area contributed by atoms with Crippen molar-refractivity contribution in [2.45, 2.75) is 43.9 Å². The van der Waals surface area contributed by atoms with E-state index < -0.39 is 0 Å². The number of aromatic nitrogens is 1. The van der Waals surface area contributed by atoms with E-state index >= 15 is 0 Å². The molecule has 2 aliphatic rings. The van der Waals surface area contributed by atoms with Gasteiger partial charge in [0.1, 0.15) is 6.10 Å². The molecule has 0 unspecified atom stereocenters. The molecule has 1 aliphatic carbocycles. The van der Waals surface area contributed by atoms with Crippen LogP contribution < -0.4 is 11.1 Å². The summed E-state index contributed by atoms with van der Waals surface area (Å²) in [5, 5.41) is 3.40. The monoisotopic (exact) mass is 283 g/mol. The third-order valence-corrected chi connectivity index (χ3v) is 4.42. The quantitative estimate of drug-likeness (QED) is 0.884. The minimum atomic E-state index is -0.349. The van der Waals surface area contributed by atoms with Crippen molar-refractivity contribution in [1.82, 2.24) is 10.3 Å². The van der Waals surface area contributed by atoms with E-state index in [1.807, 2.05) is 6.92 Å². The summed E-state index contributed by atoms with van der Waals surface area (Å²) >= 11 is 1.41. The first-order valence-electron chi connectivity index (χ1n) is 6.36. The van der Waals surface area contributed by atoms with Crippen molar-refractivity contribution in [3.8, 4) is 0 Å². The number of nitrogens with two attached hydrogens (primary N) is 1. The van der Waals surface area contributed by atoms with Gasteiger partial charge in [0, 0.05) is 18.2 Å². The van der Waals surface area contributed by atoms with Crippen molar-refractivity contribution >= 4 is 22.6 Å². The fourth-order valence-electron chi connectivity index (χ4n) is 2.07. The van der Waals surface area contributed by atoms with Gasteiger partial charge in [0.25, 0.3) is 0 Å². The molecule has 1 saturated heterocycles. The van der Waals surface area contributed by atoms with Crippen LogP contribution in [-0.4, -0.2) is 29.3 Å². The van der Waals surface area contributed by atoms with Gasteiger partial charge in [-0.25, -0.2) is 9.78 Å². The van der Waals surface area contributed by atoms with Crippen molar-refractivity contribution in [3.63, 3.8) is 0 Å². The number of alkyl carbamates (subject to hydrolysis) is 1. The highest BCUT2D eigenvalue weighted by Gasteiger charge is 2.40. The molecular formula is C12H17N3O3S. The Kier molecular flexibility index (Phi) is 3.10. The summed E-state index contributed by atoms with van der Waals surface area (Å²) in [7, 11) is 0. The molecule has 0 spiro atoms. The first kappa shape index (κ1) is 12.7. The third kappa shape index (κ3) is 2.98. The molecule has 1 aromatic heterocycles. The first-order chi connectivity index (χ1) is 9.04. The van der Waals surface area contributed by atoms with E-state index in [1.54, 1.807) is 6.20 Å². The maximum absolute atomic E-state index is 11.7. The highest BCUT2D eigenvalue weighted by atomic mass is 32.1. The van der Waals surface area contributed by atoms with E-state index in [2.05, 4.69) is 10.3 Å². The Hall–Kier alpha value is -1.34. The first-order valence-corrected chi connectivity index (χ1v) is 7.17. The number of ether oxygens (including phenoxy) is 2. The third-order valence-electron chi connectivity index (χ3n) is 3.50. The predicted molar refractivity (Wildman–Crippen MR) is 70.9 cm³/mol. The number of nitrogens with one attached hydrogen (secondary N) is 1. The van der Waals surface area contributed by atoms with Crippen molar-refractivity contribution in [2.24, 2.45) is 0 Å². The normalized spacial score (nSPS) is 28.1. The smallest absolute Gasteiger partial charge is 0.407 e.